The van der Waals surface area contributed by atoms with Gasteiger partial charge in [-0.05, 0) is 38.5 Å². The van der Waals surface area contributed by atoms with Gasteiger partial charge < -0.3 is 19.1 Å². The molecule has 1 aromatic carbocycles. The van der Waals surface area contributed by atoms with Crippen molar-refractivity contribution in [2.24, 2.45) is 0 Å². The smallest absolute Gasteiger partial charge is 0.254 e. The summed E-state index contributed by atoms with van der Waals surface area (Å²) in [6.45, 7) is 7.97. The summed E-state index contributed by atoms with van der Waals surface area (Å²) < 4.78 is 16.8. The van der Waals surface area contributed by atoms with Gasteiger partial charge in [-0.1, -0.05) is 13.3 Å². The summed E-state index contributed by atoms with van der Waals surface area (Å²) in [4.78, 5) is 14.5. The van der Waals surface area contributed by atoms with E-state index in [-0.39, 0.29) is 18.1 Å². The second-order valence-corrected chi connectivity index (χ2v) is 6.04. The fourth-order valence-electron chi connectivity index (χ4n) is 2.77. The van der Waals surface area contributed by atoms with Gasteiger partial charge in [0.05, 0.1) is 25.9 Å². The minimum atomic E-state index is 0.00501. The third-order valence-corrected chi connectivity index (χ3v) is 3.87. The van der Waals surface area contributed by atoms with Gasteiger partial charge in [0, 0.05) is 18.7 Å². The lowest BCUT2D eigenvalue weighted by Gasteiger charge is -2.35. The largest absolute Gasteiger partial charge is 0.493 e. The van der Waals surface area contributed by atoms with E-state index >= 15 is 0 Å². The SMILES string of the molecule is CCCCOc1ccc(C(=O)N2CC(C)OC(C)C2)cc1OC. The summed E-state index contributed by atoms with van der Waals surface area (Å²) in [6, 6.07) is 5.38. The van der Waals surface area contributed by atoms with Gasteiger partial charge in [0.2, 0.25) is 0 Å². The van der Waals surface area contributed by atoms with E-state index in [2.05, 4.69) is 6.92 Å². The van der Waals surface area contributed by atoms with Crippen molar-refractivity contribution >= 4 is 5.91 Å². The molecule has 0 radical (unpaired) electrons. The van der Waals surface area contributed by atoms with Crippen molar-refractivity contribution in [3.8, 4) is 11.5 Å². The van der Waals surface area contributed by atoms with Crippen molar-refractivity contribution in [1.82, 2.24) is 4.90 Å². The average molecular weight is 321 g/mol. The molecule has 1 aliphatic rings. The zero-order chi connectivity index (χ0) is 16.8. The lowest BCUT2D eigenvalue weighted by molar-refractivity contribution is -0.0586. The highest BCUT2D eigenvalue weighted by Gasteiger charge is 2.27. The van der Waals surface area contributed by atoms with E-state index < -0.39 is 0 Å². The molecule has 1 fully saturated rings. The molecule has 0 saturated carbocycles. The first kappa shape index (κ1) is 17.6. The summed E-state index contributed by atoms with van der Waals surface area (Å²) in [5.74, 6) is 1.29. The zero-order valence-electron chi connectivity index (χ0n) is 14.5. The molecule has 128 valence electrons. The number of ether oxygens (including phenoxy) is 3. The van der Waals surface area contributed by atoms with Gasteiger partial charge in [-0.2, -0.15) is 0 Å². The molecule has 1 amide bonds. The summed E-state index contributed by atoms with van der Waals surface area (Å²) in [5.41, 5.74) is 0.617. The Hall–Kier alpha value is -1.75. The van der Waals surface area contributed by atoms with Crippen LogP contribution in [0.3, 0.4) is 0 Å². The fraction of sp³-hybridized carbons (Fsp3) is 0.611. The molecular formula is C18H27NO4. The summed E-state index contributed by atoms with van der Waals surface area (Å²) >= 11 is 0. The number of hydrogen-bond donors (Lipinski definition) is 0. The topological polar surface area (TPSA) is 48.0 Å². The minimum absolute atomic E-state index is 0.00501. The van der Waals surface area contributed by atoms with Crippen molar-refractivity contribution in [3.63, 3.8) is 0 Å². The van der Waals surface area contributed by atoms with Crippen LogP contribution in [0.2, 0.25) is 0 Å². The third kappa shape index (κ3) is 4.61. The molecule has 5 nitrogen and oxygen atoms in total. The maximum Gasteiger partial charge on any atom is 0.254 e. The van der Waals surface area contributed by atoms with Gasteiger partial charge in [0.15, 0.2) is 11.5 Å². The Morgan fingerprint density at radius 1 is 1.26 bits per heavy atom. The van der Waals surface area contributed by atoms with Crippen LogP contribution < -0.4 is 9.47 Å². The Morgan fingerprint density at radius 2 is 1.96 bits per heavy atom. The van der Waals surface area contributed by atoms with Gasteiger partial charge in [-0.15, -0.1) is 0 Å². The van der Waals surface area contributed by atoms with Crippen LogP contribution in [0.25, 0.3) is 0 Å². The second kappa shape index (κ2) is 8.20. The normalized spacial score (nSPS) is 21.1. The maximum atomic E-state index is 12.7. The number of morpholine rings is 1. The molecule has 2 unspecified atom stereocenters. The van der Waals surface area contributed by atoms with Crippen LogP contribution in [-0.2, 0) is 4.74 Å². The molecule has 1 aromatic rings. The Morgan fingerprint density at radius 3 is 2.57 bits per heavy atom. The number of methoxy groups -OCH3 is 1. The summed E-state index contributed by atoms with van der Waals surface area (Å²) in [7, 11) is 1.59. The maximum absolute atomic E-state index is 12.7. The fourth-order valence-corrected chi connectivity index (χ4v) is 2.77. The molecule has 0 aromatic heterocycles. The zero-order valence-corrected chi connectivity index (χ0v) is 14.5. The van der Waals surface area contributed by atoms with Crippen LogP contribution in [-0.4, -0.2) is 49.8 Å². The van der Waals surface area contributed by atoms with Gasteiger partial charge in [0.1, 0.15) is 0 Å². The number of carbonyl (C=O) groups is 1. The molecule has 1 saturated heterocycles. The van der Waals surface area contributed by atoms with Gasteiger partial charge in [-0.3, -0.25) is 4.79 Å². The van der Waals surface area contributed by atoms with E-state index in [1.54, 1.807) is 19.2 Å². The van der Waals surface area contributed by atoms with Crippen LogP contribution in [0.15, 0.2) is 18.2 Å². The standard InChI is InChI=1S/C18H27NO4/c1-5-6-9-22-16-8-7-15(10-17(16)21-4)18(20)19-11-13(2)23-14(3)12-19/h7-8,10,13-14H,5-6,9,11-12H2,1-4H3. The first-order valence-corrected chi connectivity index (χ1v) is 8.30. The first-order valence-electron chi connectivity index (χ1n) is 8.30. The summed E-state index contributed by atoms with van der Waals surface area (Å²) in [6.07, 6.45) is 2.18. The molecular weight excluding hydrogens is 294 g/mol. The number of unbranched alkanes of at least 4 members (excludes halogenated alkanes) is 1. The molecule has 23 heavy (non-hydrogen) atoms. The Labute approximate surface area is 138 Å². The molecule has 2 atom stereocenters. The molecule has 5 heteroatoms. The number of rotatable bonds is 6. The lowest BCUT2D eigenvalue weighted by Crippen LogP contribution is -2.48. The molecule has 0 bridgehead atoms. The first-order chi connectivity index (χ1) is 11.0. The van der Waals surface area contributed by atoms with Crippen LogP contribution in [0.5, 0.6) is 11.5 Å². The molecule has 0 aliphatic carbocycles. The number of nitrogens with zero attached hydrogens (tertiary/aromatic N) is 1. The third-order valence-electron chi connectivity index (χ3n) is 3.87. The van der Waals surface area contributed by atoms with E-state index in [9.17, 15) is 4.79 Å². The minimum Gasteiger partial charge on any atom is -0.493 e. The predicted octanol–water partition coefficient (Wildman–Crippen LogP) is 3.12. The number of hydrogen-bond acceptors (Lipinski definition) is 4. The van der Waals surface area contributed by atoms with Gasteiger partial charge in [0.25, 0.3) is 5.91 Å². The molecule has 2 rings (SSSR count). The molecule has 0 spiro atoms. The number of carbonyl (C=O) groups excluding carboxylic acids is 1. The van der Waals surface area contributed by atoms with Crippen LogP contribution in [0.4, 0.5) is 0 Å². The van der Waals surface area contributed by atoms with Crippen molar-refractivity contribution in [3.05, 3.63) is 23.8 Å². The molecule has 1 aliphatic heterocycles. The molecule has 1 heterocycles. The van der Waals surface area contributed by atoms with Crippen LogP contribution in [0, 0.1) is 0 Å². The van der Waals surface area contributed by atoms with Crippen LogP contribution in [0.1, 0.15) is 44.0 Å². The van der Waals surface area contributed by atoms with Crippen molar-refractivity contribution in [2.45, 2.75) is 45.8 Å². The Balaban J connectivity index is 2.11. The van der Waals surface area contributed by atoms with E-state index in [1.807, 2.05) is 24.8 Å². The van der Waals surface area contributed by atoms with Crippen molar-refractivity contribution in [1.29, 1.82) is 0 Å². The van der Waals surface area contributed by atoms with E-state index in [4.69, 9.17) is 14.2 Å². The van der Waals surface area contributed by atoms with E-state index in [0.29, 0.717) is 36.8 Å². The average Bonchev–Trinajstić information content (AvgIpc) is 2.53. The monoisotopic (exact) mass is 321 g/mol. The number of benzene rings is 1. The second-order valence-electron chi connectivity index (χ2n) is 6.04. The van der Waals surface area contributed by atoms with E-state index in [0.717, 1.165) is 12.8 Å². The predicted molar refractivity (Wildman–Crippen MR) is 89.3 cm³/mol. The van der Waals surface area contributed by atoms with Crippen molar-refractivity contribution < 1.29 is 19.0 Å². The molecule has 0 N–H and O–H groups in total. The lowest BCUT2D eigenvalue weighted by atomic mass is 10.1. The number of amides is 1. The highest BCUT2D eigenvalue weighted by Crippen LogP contribution is 2.29. The Bertz CT molecular complexity index is 522. The highest BCUT2D eigenvalue weighted by atomic mass is 16.5. The van der Waals surface area contributed by atoms with Crippen LogP contribution >= 0.6 is 0 Å². The quantitative estimate of drug-likeness (QED) is 0.755. The highest BCUT2D eigenvalue weighted by molar-refractivity contribution is 5.95. The summed E-state index contributed by atoms with van der Waals surface area (Å²) in [5, 5.41) is 0. The van der Waals surface area contributed by atoms with E-state index in [1.165, 1.54) is 0 Å². The van der Waals surface area contributed by atoms with Crippen molar-refractivity contribution in [2.75, 3.05) is 26.8 Å². The van der Waals surface area contributed by atoms with Gasteiger partial charge in [-0.25, -0.2) is 0 Å². The van der Waals surface area contributed by atoms with Gasteiger partial charge >= 0.3 is 0 Å². The Kier molecular flexibility index (Phi) is 6.28.